The highest BCUT2D eigenvalue weighted by Gasteiger charge is 2.28. The number of benzene rings is 3. The van der Waals surface area contributed by atoms with E-state index in [1.54, 1.807) is 0 Å². The summed E-state index contributed by atoms with van der Waals surface area (Å²) in [5, 5.41) is 4.99. The Morgan fingerprint density at radius 1 is 0.708 bits per heavy atom. The van der Waals surface area contributed by atoms with Gasteiger partial charge in [0.15, 0.2) is 5.79 Å². The summed E-state index contributed by atoms with van der Waals surface area (Å²) in [6.45, 7) is 7.64. The summed E-state index contributed by atoms with van der Waals surface area (Å²) in [5.74, 6) is -0.689. The molecule has 0 spiro atoms. The highest BCUT2D eigenvalue weighted by molar-refractivity contribution is 5.98. The van der Waals surface area contributed by atoms with Crippen LogP contribution in [0.3, 0.4) is 0 Å². The summed E-state index contributed by atoms with van der Waals surface area (Å²) in [6, 6.07) is 19.5. The van der Waals surface area contributed by atoms with Crippen molar-refractivity contribution in [1.29, 1.82) is 0 Å². The second-order valence-corrected chi connectivity index (χ2v) is 6.40. The molecule has 24 heavy (non-hydrogen) atoms. The summed E-state index contributed by atoms with van der Waals surface area (Å²) < 4.78 is 12.2. The van der Waals surface area contributed by atoms with Gasteiger partial charge in [-0.05, 0) is 59.5 Å². The number of ether oxygens (including phenoxy) is 2. The van der Waals surface area contributed by atoms with Crippen molar-refractivity contribution in [2.45, 2.75) is 39.4 Å². The minimum absolute atomic E-state index is 0.689. The van der Waals surface area contributed by atoms with Crippen molar-refractivity contribution in [3.63, 3.8) is 0 Å². The molecule has 0 unspecified atom stereocenters. The molecule has 0 bridgehead atoms. The molecule has 0 saturated heterocycles. The van der Waals surface area contributed by atoms with E-state index in [4.69, 9.17) is 9.47 Å². The zero-order valence-corrected chi connectivity index (χ0v) is 14.8. The van der Waals surface area contributed by atoms with Gasteiger partial charge in [0.2, 0.25) is 0 Å². The van der Waals surface area contributed by atoms with Gasteiger partial charge >= 0.3 is 0 Å². The van der Waals surface area contributed by atoms with Gasteiger partial charge in [0, 0.05) is 5.56 Å². The van der Waals surface area contributed by atoms with Crippen LogP contribution in [0.2, 0.25) is 0 Å². The molecule has 0 heterocycles. The Labute approximate surface area is 144 Å². The van der Waals surface area contributed by atoms with Gasteiger partial charge in [-0.3, -0.25) is 0 Å². The normalized spacial score (nSPS) is 12.1. The van der Waals surface area contributed by atoms with Crippen LogP contribution in [0.25, 0.3) is 21.5 Å². The molecule has 0 aliphatic heterocycles. The van der Waals surface area contributed by atoms with Crippen LogP contribution < -0.4 is 0 Å². The maximum Gasteiger partial charge on any atom is 0.191 e. The third-order valence-electron chi connectivity index (χ3n) is 4.39. The monoisotopic (exact) mass is 322 g/mol. The van der Waals surface area contributed by atoms with Gasteiger partial charge < -0.3 is 9.47 Å². The van der Waals surface area contributed by atoms with Crippen LogP contribution >= 0.6 is 0 Å². The van der Waals surface area contributed by atoms with Gasteiger partial charge in [0.25, 0.3) is 0 Å². The second kappa shape index (κ2) is 7.33. The maximum atomic E-state index is 6.08. The number of hydrogen-bond acceptors (Lipinski definition) is 2. The number of rotatable bonds is 7. The predicted octanol–water partition coefficient (Wildman–Crippen LogP) is 6.02. The largest absolute Gasteiger partial charge is 0.346 e. The molecule has 0 aliphatic rings. The van der Waals surface area contributed by atoms with Crippen molar-refractivity contribution in [3.8, 4) is 0 Å². The van der Waals surface area contributed by atoms with Crippen molar-refractivity contribution in [2.24, 2.45) is 0 Å². The average molecular weight is 322 g/mol. The van der Waals surface area contributed by atoms with E-state index < -0.39 is 5.79 Å². The molecule has 0 aromatic heterocycles. The highest BCUT2D eigenvalue weighted by atomic mass is 16.7. The quantitative estimate of drug-likeness (QED) is 0.391. The van der Waals surface area contributed by atoms with E-state index in [1.165, 1.54) is 21.5 Å². The van der Waals surface area contributed by atoms with E-state index in [1.807, 2.05) is 6.92 Å². The first-order chi connectivity index (χ1) is 11.7. The van der Waals surface area contributed by atoms with Crippen LogP contribution in [-0.2, 0) is 15.3 Å². The molecular formula is C22H26O2. The first-order valence-corrected chi connectivity index (χ1v) is 8.87. The van der Waals surface area contributed by atoms with Crippen molar-refractivity contribution in [3.05, 3.63) is 60.2 Å². The van der Waals surface area contributed by atoms with Crippen LogP contribution in [0.15, 0.2) is 54.6 Å². The molecule has 126 valence electrons. The SMILES string of the molecule is CCCOC(C)(OCCC)c1ccc2cc3ccccc3cc2c1. The molecule has 0 amide bonds. The van der Waals surface area contributed by atoms with E-state index in [9.17, 15) is 0 Å². The lowest BCUT2D eigenvalue weighted by Gasteiger charge is -2.30. The molecule has 0 N–H and O–H groups in total. The Bertz CT molecular complexity index is 814. The summed E-state index contributed by atoms with van der Waals surface area (Å²) in [7, 11) is 0. The minimum atomic E-state index is -0.689. The lowest BCUT2D eigenvalue weighted by molar-refractivity contribution is -0.234. The molecule has 3 aromatic rings. The summed E-state index contributed by atoms with van der Waals surface area (Å²) in [5.41, 5.74) is 1.08. The number of fused-ring (bicyclic) bond motifs is 2. The molecule has 0 saturated carbocycles. The first kappa shape index (κ1) is 16.9. The van der Waals surface area contributed by atoms with Crippen LogP contribution in [-0.4, -0.2) is 13.2 Å². The van der Waals surface area contributed by atoms with Crippen molar-refractivity contribution in [1.82, 2.24) is 0 Å². The summed E-state index contributed by atoms with van der Waals surface area (Å²) in [4.78, 5) is 0. The third-order valence-corrected chi connectivity index (χ3v) is 4.39. The fourth-order valence-corrected chi connectivity index (χ4v) is 3.02. The maximum absolute atomic E-state index is 6.08. The first-order valence-electron chi connectivity index (χ1n) is 8.87. The molecular weight excluding hydrogens is 296 g/mol. The average Bonchev–Trinajstić information content (AvgIpc) is 2.62. The van der Waals surface area contributed by atoms with E-state index >= 15 is 0 Å². The molecule has 0 aliphatic carbocycles. The van der Waals surface area contributed by atoms with E-state index in [-0.39, 0.29) is 0 Å². The molecule has 0 fully saturated rings. The van der Waals surface area contributed by atoms with Gasteiger partial charge in [0.05, 0.1) is 13.2 Å². The van der Waals surface area contributed by atoms with Crippen molar-refractivity contribution in [2.75, 3.05) is 13.2 Å². The zero-order valence-electron chi connectivity index (χ0n) is 14.8. The minimum Gasteiger partial charge on any atom is -0.346 e. The molecule has 2 nitrogen and oxygen atoms in total. The van der Waals surface area contributed by atoms with Gasteiger partial charge in [-0.2, -0.15) is 0 Å². The van der Waals surface area contributed by atoms with E-state index in [0.717, 1.165) is 18.4 Å². The molecule has 3 rings (SSSR count). The highest BCUT2D eigenvalue weighted by Crippen LogP contribution is 2.31. The molecule has 0 atom stereocenters. The van der Waals surface area contributed by atoms with Gasteiger partial charge in [-0.25, -0.2) is 0 Å². The molecule has 0 radical (unpaired) electrons. The third kappa shape index (κ3) is 3.45. The van der Waals surface area contributed by atoms with Gasteiger partial charge in [-0.15, -0.1) is 0 Å². The Morgan fingerprint density at radius 2 is 1.25 bits per heavy atom. The fraction of sp³-hybridized carbons (Fsp3) is 0.364. The van der Waals surface area contributed by atoms with Gasteiger partial charge in [-0.1, -0.05) is 50.2 Å². The van der Waals surface area contributed by atoms with E-state index in [2.05, 4.69) is 68.4 Å². The molecule has 2 heteroatoms. The smallest absolute Gasteiger partial charge is 0.191 e. The van der Waals surface area contributed by atoms with Crippen LogP contribution in [0.1, 0.15) is 39.2 Å². The second-order valence-electron chi connectivity index (χ2n) is 6.40. The summed E-state index contributed by atoms with van der Waals surface area (Å²) in [6.07, 6.45) is 1.95. The fourth-order valence-electron chi connectivity index (χ4n) is 3.02. The summed E-state index contributed by atoms with van der Waals surface area (Å²) >= 11 is 0. The topological polar surface area (TPSA) is 18.5 Å². The van der Waals surface area contributed by atoms with Crippen LogP contribution in [0.5, 0.6) is 0 Å². The van der Waals surface area contributed by atoms with Gasteiger partial charge in [0.1, 0.15) is 0 Å². The van der Waals surface area contributed by atoms with E-state index in [0.29, 0.717) is 13.2 Å². The Hall–Kier alpha value is -1.90. The van der Waals surface area contributed by atoms with Crippen molar-refractivity contribution < 1.29 is 9.47 Å². The lowest BCUT2D eigenvalue weighted by atomic mass is 9.98. The van der Waals surface area contributed by atoms with Crippen LogP contribution in [0.4, 0.5) is 0 Å². The zero-order chi connectivity index (χ0) is 17.0. The number of hydrogen-bond donors (Lipinski definition) is 0. The Kier molecular flexibility index (Phi) is 5.17. The Balaban J connectivity index is 2.04. The predicted molar refractivity (Wildman–Crippen MR) is 101 cm³/mol. The lowest BCUT2D eigenvalue weighted by Crippen LogP contribution is -2.30. The molecule has 3 aromatic carbocycles. The van der Waals surface area contributed by atoms with Crippen molar-refractivity contribution >= 4 is 21.5 Å². The standard InChI is InChI=1S/C22H26O2/c1-4-12-23-22(3,24-13-5-2)21-11-10-19-14-17-8-6-7-9-18(17)15-20(19)16-21/h6-11,14-16H,4-5,12-13H2,1-3H3. The van der Waals surface area contributed by atoms with Crippen LogP contribution in [0, 0.1) is 0 Å². The Morgan fingerprint density at radius 3 is 1.83 bits per heavy atom.